The lowest BCUT2D eigenvalue weighted by atomic mass is 10.0. The van der Waals surface area contributed by atoms with Gasteiger partial charge in [-0.2, -0.15) is 0 Å². The summed E-state index contributed by atoms with van der Waals surface area (Å²) in [5, 5.41) is 0. The Morgan fingerprint density at radius 2 is 0.365 bits per heavy atom. The van der Waals surface area contributed by atoms with Crippen LogP contribution in [0.1, 0.15) is 312 Å². The van der Waals surface area contributed by atoms with Gasteiger partial charge < -0.3 is 19.2 Å². The van der Waals surface area contributed by atoms with Crippen LogP contribution in [0.3, 0.4) is 0 Å². The normalized spacial score (nSPS) is 12.0. The van der Waals surface area contributed by atoms with E-state index in [0.717, 1.165) is 0 Å². The van der Waals surface area contributed by atoms with Crippen LogP contribution in [0.25, 0.3) is 0 Å². The van der Waals surface area contributed by atoms with E-state index in [1.807, 2.05) is 0 Å². The van der Waals surface area contributed by atoms with Crippen molar-refractivity contribution in [2.24, 2.45) is 0 Å². The van der Waals surface area contributed by atoms with Crippen LogP contribution in [0.2, 0.25) is 0 Å². The summed E-state index contributed by atoms with van der Waals surface area (Å²) in [6, 6.07) is 0. The lowest BCUT2D eigenvalue weighted by Crippen LogP contribution is -2.13. The van der Waals surface area contributed by atoms with E-state index < -0.39 is 22.3 Å². The van der Waals surface area contributed by atoms with Crippen LogP contribution in [0, 0.1) is 0 Å². The summed E-state index contributed by atoms with van der Waals surface area (Å²) >= 11 is 0. The molecule has 0 atom stereocenters. The summed E-state index contributed by atoms with van der Waals surface area (Å²) in [6.45, 7) is 19.0. The van der Waals surface area contributed by atoms with Crippen LogP contribution in [0.5, 0.6) is 0 Å². The topological polar surface area (TPSA) is 83.4 Å². The fourth-order valence-electron chi connectivity index (χ4n) is 9.59. The number of rotatable bonds is 48. The molecule has 0 bridgehead atoms. The first-order chi connectivity index (χ1) is 30.5. The van der Waals surface area contributed by atoms with Crippen molar-refractivity contribution in [2.45, 2.75) is 312 Å². The van der Waals surface area contributed by atoms with E-state index in [0.29, 0.717) is 0 Å². The highest BCUT2D eigenvalue weighted by Crippen LogP contribution is 2.62. The van der Waals surface area contributed by atoms with Gasteiger partial charge in [-0.1, -0.05) is 248 Å². The molecular formula is C56H121O4P3. The van der Waals surface area contributed by atoms with E-state index in [1.165, 1.54) is 244 Å². The minimum absolute atomic E-state index is 0.630. The van der Waals surface area contributed by atoms with E-state index in [2.05, 4.69) is 55.4 Å². The van der Waals surface area contributed by atoms with Gasteiger partial charge in [0.15, 0.2) is 0 Å². The molecule has 0 aliphatic carbocycles. The minimum Gasteiger partial charge on any atom is -0.790 e. The van der Waals surface area contributed by atoms with Gasteiger partial charge in [0.25, 0.3) is 0 Å². The predicted octanol–water partition coefficient (Wildman–Crippen LogP) is 19.6. The summed E-state index contributed by atoms with van der Waals surface area (Å²) in [6.07, 6.45) is 71.9. The third kappa shape index (κ3) is 55.5. The first kappa shape index (κ1) is 68.2. The molecule has 0 aliphatic rings. The van der Waals surface area contributed by atoms with Gasteiger partial charge in [-0.25, -0.2) is 0 Å². The van der Waals surface area contributed by atoms with Crippen LogP contribution in [-0.4, -0.2) is 54.2 Å². The van der Waals surface area contributed by atoms with Crippen molar-refractivity contribution in [2.75, 3.05) is 49.3 Å². The van der Waals surface area contributed by atoms with Gasteiger partial charge in [-0.05, 0) is 64.2 Å². The molecule has 1 N–H and O–H groups in total. The fourth-order valence-corrected chi connectivity index (χ4v) is 20.0. The van der Waals surface area contributed by atoms with Crippen LogP contribution in [0.4, 0.5) is 0 Å². The zero-order valence-electron chi connectivity index (χ0n) is 45.0. The van der Waals surface area contributed by atoms with Crippen LogP contribution < -0.4 is 9.79 Å². The standard InChI is InChI=1S/2C28H60P.H3O4P/c2*1-5-9-13-14-15-16-17-18-19-20-21-22-23-24-28-29(25-10-6-2,26-11-7-3)27-12-8-4;1-5(2,3)4/h2*5-28H2,1-4H3;(H3,1,2,3,4)/q2*+1;/p-2. The second kappa shape index (κ2) is 53.9. The Balaban J connectivity index is -0.00000103. The zero-order chi connectivity index (χ0) is 47.4. The second-order valence-electron chi connectivity index (χ2n) is 20.3. The number of hydrogen-bond acceptors (Lipinski definition) is 3. The van der Waals surface area contributed by atoms with Crippen molar-refractivity contribution >= 4 is 22.3 Å². The molecule has 0 radical (unpaired) electrons. The molecule has 4 nitrogen and oxygen atoms in total. The molecule has 0 aromatic heterocycles. The maximum absolute atomic E-state index is 8.66. The first-order valence-corrected chi connectivity index (χ1v) is 35.5. The summed E-state index contributed by atoms with van der Waals surface area (Å²) in [4.78, 5) is 24.3. The summed E-state index contributed by atoms with van der Waals surface area (Å²) < 4.78 is 8.66. The maximum Gasteiger partial charge on any atom is 0.0594 e. The fraction of sp³-hybridized carbons (Fsp3) is 1.00. The number of phosphoric acid groups is 1. The lowest BCUT2D eigenvalue weighted by Gasteiger charge is -2.28. The smallest absolute Gasteiger partial charge is 0.0594 e. The highest BCUT2D eigenvalue weighted by molar-refractivity contribution is 7.76. The Bertz CT molecular complexity index is 769. The molecule has 0 aromatic carbocycles. The predicted molar refractivity (Wildman–Crippen MR) is 293 cm³/mol. The van der Waals surface area contributed by atoms with Gasteiger partial charge in [0.05, 0.1) is 57.1 Å². The zero-order valence-corrected chi connectivity index (χ0v) is 47.6. The highest BCUT2D eigenvalue weighted by Gasteiger charge is 2.35. The van der Waals surface area contributed by atoms with Crippen molar-refractivity contribution in [1.29, 1.82) is 0 Å². The number of unbranched alkanes of at least 4 members (excludes halogenated alkanes) is 32. The first-order valence-electron chi connectivity index (χ1n) is 28.9. The molecule has 7 heteroatoms. The quantitative estimate of drug-likeness (QED) is 0.0486. The Labute approximate surface area is 401 Å². The van der Waals surface area contributed by atoms with E-state index in [-0.39, 0.29) is 0 Å². The van der Waals surface area contributed by atoms with Crippen LogP contribution in [-0.2, 0) is 4.57 Å². The van der Waals surface area contributed by atoms with E-state index in [1.54, 1.807) is 62.1 Å². The SMILES string of the molecule is CCCCCCCCCCCCCCCC[P+](CCCC)(CCCC)CCCC.CCCCCCCCCCCCCCCC[P+](CCCC)(CCCC)CCCC.O=P([O-])([O-])O. The molecule has 0 unspecified atom stereocenters. The van der Waals surface area contributed by atoms with Crippen molar-refractivity contribution in [3.8, 4) is 0 Å². The third-order valence-electron chi connectivity index (χ3n) is 13.9. The van der Waals surface area contributed by atoms with Crippen LogP contribution >= 0.6 is 22.3 Å². The Morgan fingerprint density at radius 3 is 0.508 bits per heavy atom. The molecule has 0 heterocycles. The van der Waals surface area contributed by atoms with Gasteiger partial charge in [0, 0.05) is 14.5 Å². The van der Waals surface area contributed by atoms with Gasteiger partial charge in [0.2, 0.25) is 0 Å². The van der Waals surface area contributed by atoms with Gasteiger partial charge in [0.1, 0.15) is 0 Å². The molecule has 0 rings (SSSR count). The van der Waals surface area contributed by atoms with E-state index in [9.17, 15) is 0 Å². The molecule has 0 aliphatic heterocycles. The number of hydrogen-bond donors (Lipinski definition) is 1. The molecule has 0 fully saturated rings. The summed E-state index contributed by atoms with van der Waals surface area (Å²) in [5.41, 5.74) is 0. The Hall–Kier alpha value is 0.970. The molecule has 384 valence electrons. The molecule has 63 heavy (non-hydrogen) atoms. The Morgan fingerprint density at radius 1 is 0.254 bits per heavy atom. The van der Waals surface area contributed by atoms with Crippen molar-refractivity contribution in [3.05, 3.63) is 0 Å². The Kier molecular flexibility index (Phi) is 58.4. The summed E-state index contributed by atoms with van der Waals surface area (Å²) in [5.74, 6) is 0. The van der Waals surface area contributed by atoms with Crippen molar-refractivity contribution in [1.82, 2.24) is 0 Å². The second-order valence-corrected chi connectivity index (χ2v) is 30.1. The van der Waals surface area contributed by atoms with Gasteiger partial charge in [-0.3, -0.25) is 0 Å². The molecule has 0 aromatic rings. The van der Waals surface area contributed by atoms with Crippen molar-refractivity contribution in [3.63, 3.8) is 0 Å². The van der Waals surface area contributed by atoms with Crippen LogP contribution in [0.15, 0.2) is 0 Å². The summed E-state index contributed by atoms with van der Waals surface area (Å²) in [7, 11) is -6.40. The monoisotopic (exact) mass is 951 g/mol. The highest BCUT2D eigenvalue weighted by atomic mass is 31.2. The van der Waals surface area contributed by atoms with Gasteiger partial charge in [-0.15, -0.1) is 0 Å². The molecule has 0 spiro atoms. The van der Waals surface area contributed by atoms with Crippen molar-refractivity contribution < 1.29 is 19.2 Å². The molecule has 0 saturated carbocycles. The minimum atomic E-state index is -5.14. The largest absolute Gasteiger partial charge is 0.790 e. The lowest BCUT2D eigenvalue weighted by molar-refractivity contribution is -0.337. The molecular weight excluding hydrogens is 830 g/mol. The maximum atomic E-state index is 8.66. The van der Waals surface area contributed by atoms with Gasteiger partial charge >= 0.3 is 0 Å². The molecule has 0 saturated heterocycles. The molecule has 0 amide bonds. The third-order valence-corrected chi connectivity index (χ3v) is 24.0. The average molecular weight is 952 g/mol. The average Bonchev–Trinajstić information content (AvgIpc) is 3.26. The van der Waals surface area contributed by atoms with E-state index in [4.69, 9.17) is 19.2 Å². The van der Waals surface area contributed by atoms with E-state index >= 15 is 0 Å².